The maximum absolute atomic E-state index is 9.09. The molecule has 0 heterocycles. The molecule has 0 aliphatic rings. The van der Waals surface area contributed by atoms with Crippen molar-refractivity contribution < 1.29 is 14.6 Å². The van der Waals surface area contributed by atoms with Gasteiger partial charge in [-0.1, -0.05) is 12.8 Å². The molecular formula is C12H22O3. The molecule has 88 valence electrons. The fraction of sp³-hybridized carbons (Fsp3) is 0.833. The van der Waals surface area contributed by atoms with Gasteiger partial charge in [-0.3, -0.25) is 0 Å². The van der Waals surface area contributed by atoms with E-state index in [1.54, 1.807) is 0 Å². The van der Waals surface area contributed by atoms with Crippen LogP contribution in [0.15, 0.2) is 0 Å². The van der Waals surface area contributed by atoms with Crippen LogP contribution in [-0.2, 0) is 9.47 Å². The standard InChI is InChI=1S/C12H22O3/c1-5-10(3)14-8-12(7-13)9-15-11(4)6-2/h1,10-13H,6-9H2,2-4H3. The third-order valence-electron chi connectivity index (χ3n) is 2.27. The second-order valence-electron chi connectivity index (χ2n) is 3.74. The Morgan fingerprint density at radius 2 is 1.87 bits per heavy atom. The van der Waals surface area contributed by atoms with Gasteiger partial charge in [-0.25, -0.2) is 0 Å². The van der Waals surface area contributed by atoms with E-state index in [1.165, 1.54) is 0 Å². The van der Waals surface area contributed by atoms with Crippen molar-refractivity contribution in [2.75, 3.05) is 19.8 Å². The van der Waals surface area contributed by atoms with Gasteiger partial charge in [0.05, 0.1) is 25.9 Å². The minimum absolute atomic E-state index is 0.00907. The van der Waals surface area contributed by atoms with E-state index >= 15 is 0 Å². The second kappa shape index (κ2) is 8.72. The van der Waals surface area contributed by atoms with Crippen molar-refractivity contribution in [3.05, 3.63) is 0 Å². The summed E-state index contributed by atoms with van der Waals surface area (Å²) in [5, 5.41) is 9.09. The molecule has 0 rings (SSSR count). The van der Waals surface area contributed by atoms with Gasteiger partial charge in [-0.15, -0.1) is 6.42 Å². The van der Waals surface area contributed by atoms with Gasteiger partial charge in [0.2, 0.25) is 0 Å². The Hall–Kier alpha value is -0.560. The molecule has 3 unspecified atom stereocenters. The lowest BCUT2D eigenvalue weighted by atomic mass is 10.2. The predicted octanol–water partition coefficient (Wildman–Crippen LogP) is 1.45. The highest BCUT2D eigenvalue weighted by Gasteiger charge is 2.11. The molecule has 0 aromatic rings. The molecule has 0 aliphatic carbocycles. The lowest BCUT2D eigenvalue weighted by Crippen LogP contribution is -2.24. The number of hydrogen-bond acceptors (Lipinski definition) is 3. The zero-order valence-corrected chi connectivity index (χ0v) is 9.90. The molecule has 0 bridgehead atoms. The van der Waals surface area contributed by atoms with E-state index in [-0.39, 0.29) is 24.7 Å². The maximum atomic E-state index is 9.09. The topological polar surface area (TPSA) is 38.7 Å². The average Bonchev–Trinajstić information content (AvgIpc) is 2.28. The van der Waals surface area contributed by atoms with E-state index in [1.807, 2.05) is 13.8 Å². The van der Waals surface area contributed by atoms with Crippen LogP contribution in [0, 0.1) is 18.3 Å². The lowest BCUT2D eigenvalue weighted by molar-refractivity contribution is -0.0183. The zero-order chi connectivity index (χ0) is 11.7. The predicted molar refractivity (Wildman–Crippen MR) is 60.5 cm³/mol. The largest absolute Gasteiger partial charge is 0.396 e. The van der Waals surface area contributed by atoms with E-state index in [0.717, 1.165) is 6.42 Å². The summed E-state index contributed by atoms with van der Waals surface area (Å²) in [5.41, 5.74) is 0. The summed E-state index contributed by atoms with van der Waals surface area (Å²) < 4.78 is 10.9. The quantitative estimate of drug-likeness (QED) is 0.621. The average molecular weight is 214 g/mol. The maximum Gasteiger partial charge on any atom is 0.115 e. The lowest BCUT2D eigenvalue weighted by Gasteiger charge is -2.18. The number of aliphatic hydroxyl groups is 1. The Morgan fingerprint density at radius 3 is 2.33 bits per heavy atom. The Labute approximate surface area is 92.8 Å². The number of terminal acetylenes is 1. The van der Waals surface area contributed by atoms with E-state index in [0.29, 0.717) is 13.2 Å². The first-order chi connectivity index (χ1) is 7.13. The van der Waals surface area contributed by atoms with Crippen LogP contribution in [0.25, 0.3) is 0 Å². The fourth-order valence-electron chi connectivity index (χ4n) is 0.900. The first kappa shape index (κ1) is 14.4. The molecule has 3 nitrogen and oxygen atoms in total. The molecule has 3 atom stereocenters. The van der Waals surface area contributed by atoms with Crippen LogP contribution in [0.2, 0.25) is 0 Å². The normalized spacial score (nSPS) is 16.7. The van der Waals surface area contributed by atoms with Gasteiger partial charge < -0.3 is 14.6 Å². The van der Waals surface area contributed by atoms with Gasteiger partial charge in [0, 0.05) is 5.92 Å². The van der Waals surface area contributed by atoms with Crippen LogP contribution in [0.4, 0.5) is 0 Å². The molecular weight excluding hydrogens is 192 g/mol. The summed E-state index contributed by atoms with van der Waals surface area (Å²) in [4.78, 5) is 0. The highest BCUT2D eigenvalue weighted by molar-refractivity contribution is 4.91. The Morgan fingerprint density at radius 1 is 1.27 bits per heavy atom. The van der Waals surface area contributed by atoms with Gasteiger partial charge in [-0.05, 0) is 20.3 Å². The van der Waals surface area contributed by atoms with Crippen LogP contribution in [0.3, 0.4) is 0 Å². The van der Waals surface area contributed by atoms with Gasteiger partial charge in [0.25, 0.3) is 0 Å². The molecule has 0 aromatic heterocycles. The summed E-state index contributed by atoms with van der Waals surface area (Å²) in [6, 6.07) is 0. The molecule has 0 aliphatic heterocycles. The van der Waals surface area contributed by atoms with Crippen molar-refractivity contribution in [3.8, 4) is 12.3 Å². The molecule has 0 saturated heterocycles. The molecule has 0 fully saturated rings. The highest BCUT2D eigenvalue weighted by atomic mass is 16.5. The fourth-order valence-corrected chi connectivity index (χ4v) is 0.900. The van der Waals surface area contributed by atoms with Crippen LogP contribution < -0.4 is 0 Å². The van der Waals surface area contributed by atoms with E-state index in [9.17, 15) is 0 Å². The summed E-state index contributed by atoms with van der Waals surface area (Å²) in [6.07, 6.45) is 6.17. The van der Waals surface area contributed by atoms with Gasteiger partial charge >= 0.3 is 0 Å². The van der Waals surface area contributed by atoms with Gasteiger partial charge in [0.15, 0.2) is 0 Å². The van der Waals surface area contributed by atoms with E-state index < -0.39 is 0 Å². The highest BCUT2D eigenvalue weighted by Crippen LogP contribution is 2.04. The number of aliphatic hydroxyl groups excluding tert-OH is 1. The number of hydrogen-bond donors (Lipinski definition) is 1. The van der Waals surface area contributed by atoms with Crippen molar-refractivity contribution in [3.63, 3.8) is 0 Å². The van der Waals surface area contributed by atoms with Crippen molar-refractivity contribution in [1.82, 2.24) is 0 Å². The molecule has 1 N–H and O–H groups in total. The summed E-state index contributed by atoms with van der Waals surface area (Å²) in [6.45, 7) is 6.91. The summed E-state index contributed by atoms with van der Waals surface area (Å²) in [7, 11) is 0. The van der Waals surface area contributed by atoms with Crippen LogP contribution in [0.5, 0.6) is 0 Å². The van der Waals surface area contributed by atoms with Crippen molar-refractivity contribution in [2.24, 2.45) is 5.92 Å². The molecule has 0 radical (unpaired) electrons. The van der Waals surface area contributed by atoms with E-state index in [4.69, 9.17) is 21.0 Å². The van der Waals surface area contributed by atoms with Gasteiger partial charge in [-0.2, -0.15) is 0 Å². The number of ether oxygens (including phenoxy) is 2. The minimum Gasteiger partial charge on any atom is -0.396 e. The van der Waals surface area contributed by atoms with Crippen LogP contribution >= 0.6 is 0 Å². The van der Waals surface area contributed by atoms with Crippen molar-refractivity contribution in [1.29, 1.82) is 0 Å². The second-order valence-corrected chi connectivity index (χ2v) is 3.74. The third kappa shape index (κ3) is 7.38. The monoisotopic (exact) mass is 214 g/mol. The molecule has 0 spiro atoms. The molecule has 0 amide bonds. The molecule has 15 heavy (non-hydrogen) atoms. The Bertz CT molecular complexity index is 186. The molecule has 0 saturated carbocycles. The van der Waals surface area contributed by atoms with Crippen LogP contribution in [0.1, 0.15) is 27.2 Å². The first-order valence-corrected chi connectivity index (χ1v) is 5.44. The minimum atomic E-state index is -0.206. The SMILES string of the molecule is C#CC(C)OCC(CO)COC(C)CC. The Balaban J connectivity index is 3.69. The van der Waals surface area contributed by atoms with Crippen molar-refractivity contribution in [2.45, 2.75) is 39.4 Å². The summed E-state index contributed by atoms with van der Waals surface area (Å²) >= 11 is 0. The van der Waals surface area contributed by atoms with Crippen molar-refractivity contribution >= 4 is 0 Å². The summed E-state index contributed by atoms with van der Waals surface area (Å²) in [5.74, 6) is 2.48. The van der Waals surface area contributed by atoms with Crippen LogP contribution in [-0.4, -0.2) is 37.1 Å². The smallest absolute Gasteiger partial charge is 0.115 e. The number of rotatable bonds is 8. The van der Waals surface area contributed by atoms with Gasteiger partial charge in [0.1, 0.15) is 6.10 Å². The third-order valence-corrected chi connectivity index (χ3v) is 2.27. The first-order valence-electron chi connectivity index (χ1n) is 5.44. The Kier molecular flexibility index (Phi) is 8.40. The van der Waals surface area contributed by atoms with E-state index in [2.05, 4.69) is 12.8 Å². The molecule has 3 heteroatoms. The molecule has 0 aromatic carbocycles. The zero-order valence-electron chi connectivity index (χ0n) is 9.90.